The Balaban J connectivity index is 0.000000245. The Morgan fingerprint density at radius 2 is 2.33 bits per heavy atom. The first-order chi connectivity index (χ1) is 6.83. The second-order valence-corrected chi connectivity index (χ2v) is 2.95. The third kappa shape index (κ3) is 6.47. The summed E-state index contributed by atoms with van der Waals surface area (Å²) in [5, 5.41) is 7.20. The fourth-order valence-corrected chi connectivity index (χ4v) is 0.804. The Kier molecular flexibility index (Phi) is 8.32. The fourth-order valence-electron chi connectivity index (χ4n) is 0.600. The van der Waals surface area contributed by atoms with Crippen molar-refractivity contribution in [2.45, 2.75) is 6.54 Å². The van der Waals surface area contributed by atoms with Gasteiger partial charge in [0, 0.05) is 10.8 Å². The van der Waals surface area contributed by atoms with Crippen molar-refractivity contribution >= 4 is 15.9 Å². The van der Waals surface area contributed by atoms with Crippen LogP contribution in [0.3, 0.4) is 0 Å². The van der Waals surface area contributed by atoms with E-state index in [-0.39, 0.29) is 21.1 Å². The molecule has 0 fully saturated rings. The number of hydrogen-bond donors (Lipinski definition) is 0. The number of aromatic nitrogens is 5. The van der Waals surface area contributed by atoms with E-state index in [4.69, 9.17) is 0 Å². The first kappa shape index (κ1) is 14.4. The van der Waals surface area contributed by atoms with E-state index in [0.29, 0.717) is 6.54 Å². The van der Waals surface area contributed by atoms with Crippen LogP contribution >= 0.6 is 15.9 Å². The Morgan fingerprint density at radius 1 is 1.53 bits per heavy atom. The standard InChI is InChI=1S/C4H2BrN2.C4H6N3.W/c5-4-3-6-1-2-7-4;1-2-7-4-3-5-6-7;/h2-3H;3-4H,1-2H2;/q2*-1;+2. The average molecular weight is 438 g/mol. The number of halogens is 1. The van der Waals surface area contributed by atoms with Crippen LogP contribution in [0.25, 0.3) is 0 Å². The van der Waals surface area contributed by atoms with Gasteiger partial charge in [-0.1, -0.05) is 18.0 Å². The van der Waals surface area contributed by atoms with Crippen molar-refractivity contribution < 1.29 is 21.1 Å². The molecule has 0 saturated carbocycles. The first-order valence-electron chi connectivity index (χ1n) is 3.80. The third-order valence-corrected chi connectivity index (χ3v) is 1.60. The summed E-state index contributed by atoms with van der Waals surface area (Å²) in [5.74, 6) is 0. The summed E-state index contributed by atoms with van der Waals surface area (Å²) < 4.78 is 2.39. The number of rotatable bonds is 1. The summed E-state index contributed by atoms with van der Waals surface area (Å²) >= 11 is 3.12. The van der Waals surface area contributed by atoms with Gasteiger partial charge in [0.25, 0.3) is 0 Å². The van der Waals surface area contributed by atoms with E-state index < -0.39 is 0 Å². The summed E-state index contributed by atoms with van der Waals surface area (Å²) in [4.78, 5) is 7.43. The van der Waals surface area contributed by atoms with Crippen molar-refractivity contribution in [1.82, 2.24) is 25.0 Å². The van der Waals surface area contributed by atoms with Gasteiger partial charge in [-0.15, -0.1) is 11.3 Å². The van der Waals surface area contributed by atoms with Crippen molar-refractivity contribution in [2.75, 3.05) is 0 Å². The predicted octanol–water partition coefficient (Wildman–Crippen LogP) is 1.15. The largest absolute Gasteiger partial charge is 2.00 e. The summed E-state index contributed by atoms with van der Waals surface area (Å²) in [7, 11) is 0. The van der Waals surface area contributed by atoms with E-state index in [0.717, 1.165) is 4.60 Å². The van der Waals surface area contributed by atoms with Gasteiger partial charge in [0.2, 0.25) is 0 Å². The number of nitrogens with zero attached hydrogens (tertiary/aromatic N) is 5. The van der Waals surface area contributed by atoms with E-state index in [1.165, 1.54) is 6.20 Å². The molecule has 0 aromatic carbocycles. The SMILES string of the molecule is Brc1cn[c-]cn1.[CH2-]Cn1ccnn1.[W+2]. The fraction of sp³-hybridized carbons (Fsp3) is 0.125. The molecule has 78 valence electrons. The van der Waals surface area contributed by atoms with Gasteiger partial charge in [-0.3, -0.25) is 9.67 Å². The molecule has 0 bridgehead atoms. The van der Waals surface area contributed by atoms with E-state index in [2.05, 4.69) is 49.3 Å². The molecule has 0 aliphatic rings. The monoisotopic (exact) mass is 437 g/mol. The van der Waals surface area contributed by atoms with Crippen LogP contribution in [-0.4, -0.2) is 25.0 Å². The van der Waals surface area contributed by atoms with Gasteiger partial charge in [0.1, 0.15) is 0 Å². The van der Waals surface area contributed by atoms with Crippen LogP contribution in [0.5, 0.6) is 0 Å². The summed E-state index contributed by atoms with van der Waals surface area (Å²) in [5.41, 5.74) is 0. The zero-order valence-corrected chi connectivity index (χ0v) is 12.3. The maximum absolute atomic E-state index is 3.78. The normalized spacial score (nSPS) is 8.40. The molecule has 2 rings (SSSR count). The van der Waals surface area contributed by atoms with Crippen LogP contribution in [0, 0.1) is 13.1 Å². The van der Waals surface area contributed by atoms with Gasteiger partial charge in [-0.25, -0.2) is 0 Å². The molecule has 2 aromatic heterocycles. The maximum Gasteiger partial charge on any atom is 2.00 e. The molecule has 0 aliphatic carbocycles. The van der Waals surface area contributed by atoms with Gasteiger partial charge < -0.3 is 11.9 Å². The minimum absolute atomic E-state index is 0. The molecule has 7 heteroatoms. The van der Waals surface area contributed by atoms with Gasteiger partial charge in [0.05, 0.1) is 6.20 Å². The first-order valence-corrected chi connectivity index (χ1v) is 4.59. The molecule has 2 heterocycles. The van der Waals surface area contributed by atoms with E-state index in [1.807, 2.05) is 0 Å². The molecule has 0 spiro atoms. The Hall–Kier alpha value is -0.612. The van der Waals surface area contributed by atoms with Crippen molar-refractivity contribution in [3.63, 3.8) is 0 Å². The molecule has 0 saturated heterocycles. The molecular formula is C8H8BrN5W. The molecular weight excluding hydrogens is 430 g/mol. The molecule has 0 amide bonds. The van der Waals surface area contributed by atoms with Crippen LogP contribution in [-0.2, 0) is 27.6 Å². The maximum atomic E-state index is 3.78. The summed E-state index contributed by atoms with van der Waals surface area (Å²) in [6.45, 7) is 4.24. The molecule has 0 aliphatic heterocycles. The van der Waals surface area contributed by atoms with E-state index in [9.17, 15) is 0 Å². The zero-order valence-electron chi connectivity index (χ0n) is 7.75. The summed E-state index contributed by atoms with van der Waals surface area (Å²) in [6.07, 6.45) is 9.03. The molecule has 2 aromatic rings. The van der Waals surface area contributed by atoms with E-state index >= 15 is 0 Å². The number of hydrogen-bond acceptors (Lipinski definition) is 4. The molecule has 0 N–H and O–H groups in total. The van der Waals surface area contributed by atoms with Crippen LogP contribution in [0.2, 0.25) is 0 Å². The van der Waals surface area contributed by atoms with Crippen LogP contribution in [0.4, 0.5) is 0 Å². The quantitative estimate of drug-likeness (QED) is 0.628. The second-order valence-electron chi connectivity index (χ2n) is 2.13. The van der Waals surface area contributed by atoms with Gasteiger partial charge in [-0.05, 0) is 22.1 Å². The minimum Gasteiger partial charge on any atom is -0.455 e. The van der Waals surface area contributed by atoms with Crippen LogP contribution in [0.1, 0.15) is 0 Å². The minimum atomic E-state index is 0. The Bertz CT molecular complexity index is 339. The molecule has 0 radical (unpaired) electrons. The van der Waals surface area contributed by atoms with Crippen molar-refractivity contribution in [3.8, 4) is 0 Å². The van der Waals surface area contributed by atoms with Crippen molar-refractivity contribution in [1.29, 1.82) is 0 Å². The van der Waals surface area contributed by atoms with Crippen molar-refractivity contribution in [2.24, 2.45) is 0 Å². The molecule has 5 nitrogen and oxygen atoms in total. The third-order valence-electron chi connectivity index (χ3n) is 1.19. The molecule has 0 unspecified atom stereocenters. The molecule has 15 heavy (non-hydrogen) atoms. The van der Waals surface area contributed by atoms with Gasteiger partial charge >= 0.3 is 21.1 Å². The average Bonchev–Trinajstić information content (AvgIpc) is 2.72. The Morgan fingerprint density at radius 3 is 2.60 bits per heavy atom. The van der Waals surface area contributed by atoms with E-state index in [1.54, 1.807) is 23.3 Å². The van der Waals surface area contributed by atoms with Gasteiger partial charge in [-0.2, -0.15) is 0 Å². The zero-order chi connectivity index (χ0) is 10.2. The smallest absolute Gasteiger partial charge is 0.455 e. The van der Waals surface area contributed by atoms with Gasteiger partial charge in [0.15, 0.2) is 0 Å². The predicted molar refractivity (Wildman–Crippen MR) is 53.9 cm³/mol. The summed E-state index contributed by atoms with van der Waals surface area (Å²) in [6, 6.07) is 0. The van der Waals surface area contributed by atoms with Crippen LogP contribution < -0.4 is 0 Å². The second kappa shape index (κ2) is 8.68. The van der Waals surface area contributed by atoms with Crippen molar-refractivity contribution in [3.05, 3.63) is 42.5 Å². The topological polar surface area (TPSA) is 56.5 Å². The molecule has 0 atom stereocenters. The van der Waals surface area contributed by atoms with Crippen LogP contribution in [0.15, 0.2) is 29.4 Å². The Labute approximate surface area is 111 Å².